The van der Waals surface area contributed by atoms with E-state index in [9.17, 15) is 4.79 Å². The molecule has 2 nitrogen and oxygen atoms in total. The lowest BCUT2D eigenvalue weighted by atomic mass is 10.0. The Labute approximate surface area is 88.2 Å². The summed E-state index contributed by atoms with van der Waals surface area (Å²) in [6.45, 7) is 5.58. The highest BCUT2D eigenvalue weighted by molar-refractivity contribution is 6.07. The predicted octanol–water partition coefficient (Wildman–Crippen LogP) is 3.58. The first-order valence-corrected chi connectivity index (χ1v) is 4.82. The molecule has 0 fully saturated rings. The summed E-state index contributed by atoms with van der Waals surface area (Å²) in [5.41, 5.74) is 2.27. The average molecular weight is 200 g/mol. The van der Waals surface area contributed by atoms with Crippen molar-refractivity contribution >= 4 is 16.8 Å². The van der Waals surface area contributed by atoms with Crippen LogP contribution in [0, 0.1) is 0 Å². The van der Waals surface area contributed by atoms with E-state index < -0.39 is 0 Å². The van der Waals surface area contributed by atoms with E-state index in [1.165, 1.54) is 6.26 Å². The topological polar surface area (TPSA) is 30.2 Å². The number of carbonyl (C=O) groups excluding carboxylic acids is 1. The molecule has 1 aromatic heterocycles. The van der Waals surface area contributed by atoms with Crippen LogP contribution in [0.1, 0.15) is 23.7 Å². The van der Waals surface area contributed by atoms with Crippen molar-refractivity contribution in [1.82, 2.24) is 0 Å². The molecule has 0 spiro atoms. The summed E-state index contributed by atoms with van der Waals surface area (Å²) >= 11 is 0. The normalized spacial score (nSPS) is 10.5. The third-order valence-corrected chi connectivity index (χ3v) is 2.24. The van der Waals surface area contributed by atoms with Crippen LogP contribution in [0.2, 0.25) is 0 Å². The molecular weight excluding hydrogens is 188 g/mol. The molecule has 0 unspecified atom stereocenters. The third kappa shape index (κ3) is 1.84. The summed E-state index contributed by atoms with van der Waals surface area (Å²) in [4.78, 5) is 11.8. The molecule has 2 heteroatoms. The van der Waals surface area contributed by atoms with Crippen molar-refractivity contribution in [1.29, 1.82) is 0 Å². The van der Waals surface area contributed by atoms with Crippen molar-refractivity contribution in [3.05, 3.63) is 48.2 Å². The van der Waals surface area contributed by atoms with Gasteiger partial charge in [-0.05, 0) is 13.0 Å². The lowest BCUT2D eigenvalue weighted by Crippen LogP contribution is -1.97. The molecule has 2 aromatic rings. The zero-order valence-corrected chi connectivity index (χ0v) is 8.62. The molecule has 0 atom stereocenters. The first-order chi connectivity index (χ1) is 7.18. The minimum absolute atomic E-state index is 0.0625. The van der Waals surface area contributed by atoms with Gasteiger partial charge in [-0.3, -0.25) is 4.79 Å². The number of Topliss-reactive ketones (excluding diaryl/α,β-unsaturated/α-hetero) is 1. The molecule has 0 aliphatic carbocycles. The number of ketones is 1. The fraction of sp³-hybridized carbons (Fsp3) is 0.154. The standard InChI is InChI=1S/C13H12O2/c1-9(2)7-12(14)11-8-15-13-6-4-3-5-10(11)13/h3-6,8H,1,7H2,2H3. The summed E-state index contributed by atoms with van der Waals surface area (Å²) in [6, 6.07) is 7.53. The Morgan fingerprint density at radius 1 is 1.40 bits per heavy atom. The largest absolute Gasteiger partial charge is 0.464 e. The van der Waals surface area contributed by atoms with Crippen LogP contribution in [0.3, 0.4) is 0 Å². The molecule has 0 aliphatic rings. The lowest BCUT2D eigenvalue weighted by molar-refractivity contribution is 0.0994. The number of allylic oxidation sites excluding steroid dienone is 1. The average Bonchev–Trinajstić information content (AvgIpc) is 2.59. The van der Waals surface area contributed by atoms with Crippen LogP contribution in [0.15, 0.2) is 47.1 Å². The Hall–Kier alpha value is -1.83. The van der Waals surface area contributed by atoms with Crippen LogP contribution in [0.4, 0.5) is 0 Å². The molecule has 15 heavy (non-hydrogen) atoms. The Balaban J connectivity index is 2.44. The van der Waals surface area contributed by atoms with Gasteiger partial charge >= 0.3 is 0 Å². The minimum Gasteiger partial charge on any atom is -0.464 e. The van der Waals surface area contributed by atoms with E-state index in [2.05, 4.69) is 6.58 Å². The number of para-hydroxylation sites is 1. The molecule has 1 aromatic carbocycles. The molecule has 0 radical (unpaired) electrons. The van der Waals surface area contributed by atoms with Crippen LogP contribution in [-0.4, -0.2) is 5.78 Å². The maximum absolute atomic E-state index is 11.8. The van der Waals surface area contributed by atoms with Gasteiger partial charge in [0.15, 0.2) is 5.78 Å². The van der Waals surface area contributed by atoms with Gasteiger partial charge in [0.05, 0.1) is 5.56 Å². The zero-order valence-electron chi connectivity index (χ0n) is 8.62. The van der Waals surface area contributed by atoms with E-state index in [0.29, 0.717) is 12.0 Å². The van der Waals surface area contributed by atoms with E-state index in [0.717, 1.165) is 16.5 Å². The van der Waals surface area contributed by atoms with Gasteiger partial charge in [-0.25, -0.2) is 0 Å². The second-order valence-electron chi connectivity index (χ2n) is 3.70. The van der Waals surface area contributed by atoms with Crippen molar-refractivity contribution in [2.75, 3.05) is 0 Å². The Kier molecular flexibility index (Phi) is 2.42. The second-order valence-corrected chi connectivity index (χ2v) is 3.70. The van der Waals surface area contributed by atoms with Crippen molar-refractivity contribution in [3.8, 4) is 0 Å². The fourth-order valence-corrected chi connectivity index (χ4v) is 1.56. The highest BCUT2D eigenvalue weighted by atomic mass is 16.3. The maximum atomic E-state index is 11.8. The molecule has 0 aliphatic heterocycles. The molecule has 0 bridgehead atoms. The van der Waals surface area contributed by atoms with Crippen molar-refractivity contribution in [2.24, 2.45) is 0 Å². The second kappa shape index (κ2) is 3.73. The van der Waals surface area contributed by atoms with Crippen LogP contribution < -0.4 is 0 Å². The Morgan fingerprint density at radius 3 is 2.87 bits per heavy atom. The van der Waals surface area contributed by atoms with E-state index in [-0.39, 0.29) is 5.78 Å². The van der Waals surface area contributed by atoms with Crippen LogP contribution in [0.25, 0.3) is 11.0 Å². The van der Waals surface area contributed by atoms with Gasteiger partial charge in [-0.2, -0.15) is 0 Å². The Bertz CT molecular complexity index is 520. The molecular formula is C13H12O2. The van der Waals surface area contributed by atoms with Gasteiger partial charge < -0.3 is 4.42 Å². The number of fused-ring (bicyclic) bond motifs is 1. The lowest BCUT2D eigenvalue weighted by Gasteiger charge is -1.96. The van der Waals surface area contributed by atoms with Crippen molar-refractivity contribution < 1.29 is 9.21 Å². The summed E-state index contributed by atoms with van der Waals surface area (Å²) in [7, 11) is 0. The maximum Gasteiger partial charge on any atom is 0.170 e. The first kappa shape index (κ1) is 9.71. The quantitative estimate of drug-likeness (QED) is 0.560. The van der Waals surface area contributed by atoms with Crippen LogP contribution >= 0.6 is 0 Å². The number of benzene rings is 1. The van der Waals surface area contributed by atoms with Gasteiger partial charge in [0.2, 0.25) is 0 Å². The van der Waals surface area contributed by atoms with Gasteiger partial charge in [0.25, 0.3) is 0 Å². The van der Waals surface area contributed by atoms with E-state index >= 15 is 0 Å². The zero-order chi connectivity index (χ0) is 10.8. The first-order valence-electron chi connectivity index (χ1n) is 4.82. The van der Waals surface area contributed by atoms with Gasteiger partial charge in [0, 0.05) is 11.8 Å². The predicted molar refractivity (Wildman–Crippen MR) is 60.0 cm³/mol. The SMILES string of the molecule is C=C(C)CC(=O)c1coc2ccccc12. The summed E-state index contributed by atoms with van der Waals surface area (Å²) < 4.78 is 5.30. The summed E-state index contributed by atoms with van der Waals surface area (Å²) in [5, 5.41) is 0.878. The van der Waals surface area contributed by atoms with Gasteiger partial charge in [0.1, 0.15) is 11.8 Å². The van der Waals surface area contributed by atoms with Gasteiger partial charge in [-0.15, -0.1) is 0 Å². The summed E-state index contributed by atoms with van der Waals surface area (Å²) in [6.07, 6.45) is 1.90. The molecule has 1 heterocycles. The monoisotopic (exact) mass is 200 g/mol. The van der Waals surface area contributed by atoms with E-state index in [1.807, 2.05) is 31.2 Å². The van der Waals surface area contributed by atoms with E-state index in [4.69, 9.17) is 4.42 Å². The Morgan fingerprint density at radius 2 is 2.13 bits per heavy atom. The molecule has 0 N–H and O–H groups in total. The number of carbonyl (C=O) groups is 1. The molecule has 0 saturated carbocycles. The van der Waals surface area contributed by atoms with E-state index in [1.54, 1.807) is 0 Å². The molecule has 2 rings (SSSR count). The molecule has 0 saturated heterocycles. The number of rotatable bonds is 3. The molecule has 76 valence electrons. The van der Waals surface area contributed by atoms with Crippen LogP contribution in [0.5, 0.6) is 0 Å². The smallest absolute Gasteiger partial charge is 0.170 e. The molecule has 0 amide bonds. The van der Waals surface area contributed by atoms with Crippen molar-refractivity contribution in [3.63, 3.8) is 0 Å². The van der Waals surface area contributed by atoms with Gasteiger partial charge in [-0.1, -0.05) is 30.4 Å². The number of furan rings is 1. The third-order valence-electron chi connectivity index (χ3n) is 2.24. The number of hydrogen-bond donors (Lipinski definition) is 0. The highest BCUT2D eigenvalue weighted by Gasteiger charge is 2.12. The number of hydrogen-bond acceptors (Lipinski definition) is 2. The highest BCUT2D eigenvalue weighted by Crippen LogP contribution is 2.22. The fourth-order valence-electron chi connectivity index (χ4n) is 1.56. The van der Waals surface area contributed by atoms with Crippen LogP contribution in [-0.2, 0) is 0 Å². The van der Waals surface area contributed by atoms with Crippen molar-refractivity contribution in [2.45, 2.75) is 13.3 Å². The summed E-state index contributed by atoms with van der Waals surface area (Å²) in [5.74, 6) is 0.0625. The minimum atomic E-state index is 0.0625.